The van der Waals surface area contributed by atoms with Crippen LogP contribution >= 0.6 is 11.3 Å². The van der Waals surface area contributed by atoms with Gasteiger partial charge < -0.3 is 5.32 Å². The van der Waals surface area contributed by atoms with Crippen LogP contribution in [-0.4, -0.2) is 22.0 Å². The first-order valence-electron chi connectivity index (χ1n) is 6.67. The Labute approximate surface area is 113 Å². The maximum absolute atomic E-state index is 4.69. The van der Waals surface area contributed by atoms with E-state index in [1.165, 1.54) is 5.69 Å². The minimum absolute atomic E-state index is 0.286. The normalized spacial score (nSPS) is 15.4. The van der Waals surface area contributed by atoms with Crippen molar-refractivity contribution in [3.05, 3.63) is 23.5 Å². The molecule has 0 aromatic carbocycles. The smallest absolute Gasteiger partial charge is 0.193 e. The zero-order valence-corrected chi connectivity index (χ0v) is 12.5. The Morgan fingerprint density at radius 2 is 2.28 bits per heavy atom. The number of hydrogen-bond acceptors (Lipinski definition) is 3. The molecule has 0 saturated carbocycles. The van der Waals surface area contributed by atoms with Crippen LogP contribution in [0.2, 0.25) is 0 Å². The van der Waals surface area contributed by atoms with E-state index in [1.807, 2.05) is 0 Å². The summed E-state index contributed by atoms with van der Waals surface area (Å²) in [5, 5.41) is 5.63. The van der Waals surface area contributed by atoms with Crippen molar-refractivity contribution in [2.45, 2.75) is 46.6 Å². The number of imidazole rings is 1. The molecule has 0 radical (unpaired) electrons. The second-order valence-corrected chi connectivity index (χ2v) is 6.57. The van der Waals surface area contributed by atoms with Gasteiger partial charge in [0.2, 0.25) is 0 Å². The van der Waals surface area contributed by atoms with Crippen LogP contribution in [0.5, 0.6) is 0 Å². The van der Waals surface area contributed by atoms with E-state index in [0.29, 0.717) is 6.04 Å². The number of nitrogens with zero attached hydrogens (tertiary/aromatic N) is 2. The molecule has 0 bridgehead atoms. The molecule has 0 spiro atoms. The molecule has 0 aliphatic heterocycles. The summed E-state index contributed by atoms with van der Waals surface area (Å²) in [4.78, 5) is 5.78. The molecule has 2 aromatic heterocycles. The lowest BCUT2D eigenvalue weighted by molar-refractivity contribution is 0.279. The van der Waals surface area contributed by atoms with Crippen molar-refractivity contribution >= 4 is 16.3 Å². The van der Waals surface area contributed by atoms with E-state index in [-0.39, 0.29) is 5.41 Å². The third-order valence-electron chi connectivity index (χ3n) is 3.54. The molecule has 18 heavy (non-hydrogen) atoms. The highest BCUT2D eigenvalue weighted by Gasteiger charge is 2.24. The molecule has 0 saturated heterocycles. The maximum atomic E-state index is 4.69. The van der Waals surface area contributed by atoms with Gasteiger partial charge in [-0.2, -0.15) is 0 Å². The van der Waals surface area contributed by atoms with Gasteiger partial charge in [-0.15, -0.1) is 11.3 Å². The molecule has 100 valence electrons. The van der Waals surface area contributed by atoms with Gasteiger partial charge in [0.05, 0.1) is 5.69 Å². The Morgan fingerprint density at radius 1 is 1.50 bits per heavy atom. The molecule has 0 fully saturated rings. The number of nitrogens with one attached hydrogen (secondary N) is 1. The molecule has 2 heterocycles. The van der Waals surface area contributed by atoms with Crippen molar-refractivity contribution < 1.29 is 0 Å². The van der Waals surface area contributed by atoms with Crippen LogP contribution in [0.3, 0.4) is 0 Å². The van der Waals surface area contributed by atoms with Gasteiger partial charge in [0.1, 0.15) is 0 Å². The van der Waals surface area contributed by atoms with Crippen LogP contribution < -0.4 is 5.32 Å². The average molecular weight is 265 g/mol. The highest BCUT2D eigenvalue weighted by Crippen LogP contribution is 2.26. The fraction of sp³-hybridized carbons (Fsp3) is 0.643. The van der Waals surface area contributed by atoms with E-state index in [0.717, 1.165) is 24.3 Å². The molecule has 1 atom stereocenters. The Hall–Kier alpha value is -0.870. The van der Waals surface area contributed by atoms with Gasteiger partial charge in [-0.1, -0.05) is 27.7 Å². The second-order valence-electron chi connectivity index (χ2n) is 5.70. The molecule has 1 N–H and O–H groups in total. The first kappa shape index (κ1) is 13.6. The van der Waals surface area contributed by atoms with E-state index < -0.39 is 0 Å². The van der Waals surface area contributed by atoms with E-state index in [2.05, 4.69) is 60.2 Å². The standard InChI is InChI=1S/C14H23N3S/c1-5-14(4,10-15-11(2)3)8-12-9-17-6-7-18-13(17)16-12/h6-7,9,11,15H,5,8,10H2,1-4H3. The summed E-state index contributed by atoms with van der Waals surface area (Å²) in [6.45, 7) is 10.0. The van der Waals surface area contributed by atoms with Crippen molar-refractivity contribution in [3.8, 4) is 0 Å². The first-order valence-corrected chi connectivity index (χ1v) is 7.55. The lowest BCUT2D eigenvalue weighted by atomic mass is 9.82. The summed E-state index contributed by atoms with van der Waals surface area (Å²) in [5.74, 6) is 0. The number of aromatic nitrogens is 2. The highest BCUT2D eigenvalue weighted by molar-refractivity contribution is 7.15. The van der Waals surface area contributed by atoms with Gasteiger partial charge in [0.25, 0.3) is 0 Å². The molecule has 0 aliphatic rings. The average Bonchev–Trinajstić information content (AvgIpc) is 2.87. The van der Waals surface area contributed by atoms with Crippen molar-refractivity contribution in [3.63, 3.8) is 0 Å². The lowest BCUT2D eigenvalue weighted by Gasteiger charge is -2.29. The van der Waals surface area contributed by atoms with Crippen molar-refractivity contribution in [1.29, 1.82) is 0 Å². The first-order chi connectivity index (χ1) is 8.52. The predicted molar refractivity (Wildman–Crippen MR) is 78.3 cm³/mol. The third-order valence-corrected chi connectivity index (χ3v) is 4.31. The van der Waals surface area contributed by atoms with Gasteiger partial charge in [-0.05, 0) is 18.3 Å². The Kier molecular flexibility index (Phi) is 4.07. The summed E-state index contributed by atoms with van der Waals surface area (Å²) in [7, 11) is 0. The Morgan fingerprint density at radius 3 is 2.89 bits per heavy atom. The summed E-state index contributed by atoms with van der Waals surface area (Å²) >= 11 is 1.70. The fourth-order valence-electron chi connectivity index (χ4n) is 2.06. The highest BCUT2D eigenvalue weighted by atomic mass is 32.1. The van der Waals surface area contributed by atoms with E-state index in [4.69, 9.17) is 0 Å². The SMILES string of the molecule is CCC(C)(CNC(C)C)Cc1cn2ccsc2n1. The molecule has 1 unspecified atom stereocenters. The molecular weight excluding hydrogens is 242 g/mol. The molecule has 4 heteroatoms. The van der Waals surface area contributed by atoms with Gasteiger partial charge in [-0.3, -0.25) is 4.40 Å². The zero-order chi connectivity index (χ0) is 13.2. The Balaban J connectivity index is 2.07. The summed E-state index contributed by atoms with van der Waals surface area (Å²) < 4.78 is 2.12. The molecule has 3 nitrogen and oxygen atoms in total. The molecule has 0 aliphatic carbocycles. The van der Waals surface area contributed by atoms with Gasteiger partial charge >= 0.3 is 0 Å². The van der Waals surface area contributed by atoms with Gasteiger partial charge in [0.15, 0.2) is 4.96 Å². The van der Waals surface area contributed by atoms with Crippen LogP contribution in [0, 0.1) is 5.41 Å². The number of rotatable bonds is 6. The van der Waals surface area contributed by atoms with Crippen LogP contribution in [0.15, 0.2) is 17.8 Å². The zero-order valence-electron chi connectivity index (χ0n) is 11.7. The van der Waals surface area contributed by atoms with Crippen molar-refractivity contribution in [1.82, 2.24) is 14.7 Å². The van der Waals surface area contributed by atoms with E-state index in [1.54, 1.807) is 11.3 Å². The second kappa shape index (κ2) is 5.41. The fourth-order valence-corrected chi connectivity index (χ4v) is 2.78. The van der Waals surface area contributed by atoms with Crippen LogP contribution in [-0.2, 0) is 6.42 Å². The minimum atomic E-state index is 0.286. The lowest BCUT2D eigenvalue weighted by Crippen LogP contribution is -2.36. The maximum Gasteiger partial charge on any atom is 0.193 e. The van der Waals surface area contributed by atoms with Gasteiger partial charge in [0, 0.05) is 30.4 Å². The largest absolute Gasteiger partial charge is 0.314 e. The van der Waals surface area contributed by atoms with Crippen LogP contribution in [0.1, 0.15) is 39.8 Å². The van der Waals surface area contributed by atoms with Crippen LogP contribution in [0.25, 0.3) is 4.96 Å². The summed E-state index contributed by atoms with van der Waals surface area (Å²) in [6.07, 6.45) is 6.44. The monoisotopic (exact) mass is 265 g/mol. The van der Waals surface area contributed by atoms with E-state index in [9.17, 15) is 0 Å². The van der Waals surface area contributed by atoms with Crippen molar-refractivity contribution in [2.75, 3.05) is 6.54 Å². The summed E-state index contributed by atoms with van der Waals surface area (Å²) in [6, 6.07) is 0.543. The predicted octanol–water partition coefficient (Wildman–Crippen LogP) is 3.35. The number of thiazole rings is 1. The summed E-state index contributed by atoms with van der Waals surface area (Å²) in [5.41, 5.74) is 1.49. The third kappa shape index (κ3) is 3.12. The van der Waals surface area contributed by atoms with Crippen molar-refractivity contribution in [2.24, 2.45) is 5.41 Å². The molecule has 2 aromatic rings. The van der Waals surface area contributed by atoms with E-state index >= 15 is 0 Å². The quantitative estimate of drug-likeness (QED) is 0.868. The molecular formula is C14H23N3S. The minimum Gasteiger partial charge on any atom is -0.314 e. The van der Waals surface area contributed by atoms with Crippen LogP contribution in [0.4, 0.5) is 0 Å². The molecule has 2 rings (SSSR count). The topological polar surface area (TPSA) is 29.3 Å². The number of fused-ring (bicyclic) bond motifs is 1. The number of hydrogen-bond donors (Lipinski definition) is 1. The molecule has 0 amide bonds. The van der Waals surface area contributed by atoms with Gasteiger partial charge in [-0.25, -0.2) is 4.98 Å². The Bertz CT molecular complexity index is 471.